The van der Waals surface area contributed by atoms with Crippen LogP contribution in [0.1, 0.15) is 12.1 Å². The lowest BCUT2D eigenvalue weighted by Gasteiger charge is -2.08. The Kier molecular flexibility index (Phi) is 4.84. The summed E-state index contributed by atoms with van der Waals surface area (Å²) in [6.07, 6.45) is 1.88. The average Bonchev–Trinajstić information content (AvgIpc) is 2.74. The number of aromatic nitrogens is 1. The molecular formula is C14H17NO4S2. The van der Waals surface area contributed by atoms with Crippen LogP contribution >= 0.6 is 11.3 Å². The van der Waals surface area contributed by atoms with Crippen LogP contribution in [-0.4, -0.2) is 25.8 Å². The molecule has 2 rings (SSSR count). The first-order valence-electron chi connectivity index (χ1n) is 6.46. The molecule has 5 nitrogen and oxygen atoms in total. The van der Waals surface area contributed by atoms with Gasteiger partial charge in [0.2, 0.25) is 0 Å². The highest BCUT2D eigenvalue weighted by Crippen LogP contribution is 2.16. The number of thiazole rings is 1. The molecule has 21 heavy (non-hydrogen) atoms. The molecule has 1 aromatic heterocycles. The number of hydrogen-bond acceptors (Lipinski definition) is 5. The second kappa shape index (κ2) is 6.44. The average molecular weight is 327 g/mol. The van der Waals surface area contributed by atoms with Crippen LogP contribution in [0.3, 0.4) is 0 Å². The van der Waals surface area contributed by atoms with Crippen LogP contribution in [-0.2, 0) is 16.4 Å². The predicted octanol–water partition coefficient (Wildman–Crippen LogP) is 2.09. The van der Waals surface area contributed by atoms with Crippen molar-refractivity contribution in [1.29, 1.82) is 0 Å². The molecule has 1 heterocycles. The molecule has 0 spiro atoms. The monoisotopic (exact) mass is 327 g/mol. The van der Waals surface area contributed by atoms with Crippen molar-refractivity contribution in [3.05, 3.63) is 45.0 Å². The van der Waals surface area contributed by atoms with E-state index in [0.717, 1.165) is 5.69 Å². The van der Waals surface area contributed by atoms with Crippen molar-refractivity contribution < 1.29 is 13.2 Å². The van der Waals surface area contributed by atoms with E-state index in [4.69, 9.17) is 4.74 Å². The van der Waals surface area contributed by atoms with Gasteiger partial charge in [0.25, 0.3) is 0 Å². The highest BCUT2D eigenvalue weighted by Gasteiger charge is 2.06. The molecule has 114 valence electrons. The second-order valence-electron chi connectivity index (χ2n) is 4.74. The maximum Gasteiger partial charge on any atom is 0.307 e. The quantitative estimate of drug-likeness (QED) is 0.762. The van der Waals surface area contributed by atoms with E-state index < -0.39 is 9.84 Å². The summed E-state index contributed by atoms with van der Waals surface area (Å²) in [4.78, 5) is 11.8. The minimum absolute atomic E-state index is 0.0463. The standard InChI is InChI=1S/C14H17NO4S2/c1-11-10-20-14(16)15(11)8-3-9-19-12-4-6-13(7-5-12)21(2,17)18/h4-7,10H,3,8-9H2,1-2H3. The van der Waals surface area contributed by atoms with Gasteiger partial charge in [-0.1, -0.05) is 11.3 Å². The van der Waals surface area contributed by atoms with Crippen molar-refractivity contribution in [3.8, 4) is 5.75 Å². The predicted molar refractivity (Wildman–Crippen MR) is 83.0 cm³/mol. The van der Waals surface area contributed by atoms with Gasteiger partial charge in [-0.3, -0.25) is 4.79 Å². The van der Waals surface area contributed by atoms with Crippen LogP contribution in [0, 0.1) is 6.92 Å². The fourth-order valence-corrected chi connectivity index (χ4v) is 3.26. The van der Waals surface area contributed by atoms with Gasteiger partial charge in [0.15, 0.2) is 9.84 Å². The van der Waals surface area contributed by atoms with Crippen molar-refractivity contribution in [2.75, 3.05) is 12.9 Å². The highest BCUT2D eigenvalue weighted by molar-refractivity contribution is 7.90. The van der Waals surface area contributed by atoms with Crippen molar-refractivity contribution in [3.63, 3.8) is 0 Å². The molecule has 0 saturated carbocycles. The Hall–Kier alpha value is -1.60. The van der Waals surface area contributed by atoms with Gasteiger partial charge in [-0.05, 0) is 37.6 Å². The number of aryl methyl sites for hydroxylation is 1. The molecule has 0 unspecified atom stereocenters. The van der Waals surface area contributed by atoms with Gasteiger partial charge in [0.1, 0.15) is 5.75 Å². The van der Waals surface area contributed by atoms with Crippen LogP contribution in [0.15, 0.2) is 39.3 Å². The lowest BCUT2D eigenvalue weighted by Crippen LogP contribution is -2.16. The molecule has 1 aromatic carbocycles. The third kappa shape index (κ3) is 4.18. The van der Waals surface area contributed by atoms with Crippen molar-refractivity contribution >= 4 is 21.2 Å². The lowest BCUT2D eigenvalue weighted by atomic mass is 10.3. The number of benzene rings is 1. The Balaban J connectivity index is 1.85. The van der Waals surface area contributed by atoms with Gasteiger partial charge in [-0.15, -0.1) is 0 Å². The first-order valence-corrected chi connectivity index (χ1v) is 9.23. The number of rotatable bonds is 6. The normalized spacial score (nSPS) is 11.5. The molecular weight excluding hydrogens is 310 g/mol. The van der Waals surface area contributed by atoms with E-state index in [1.165, 1.54) is 29.7 Å². The van der Waals surface area contributed by atoms with Crippen LogP contribution in [0.25, 0.3) is 0 Å². The van der Waals surface area contributed by atoms with Crippen molar-refractivity contribution in [1.82, 2.24) is 4.57 Å². The van der Waals surface area contributed by atoms with Crippen molar-refractivity contribution in [2.24, 2.45) is 0 Å². The minimum atomic E-state index is -3.18. The fourth-order valence-electron chi connectivity index (χ4n) is 1.87. The highest BCUT2D eigenvalue weighted by atomic mass is 32.2. The van der Waals surface area contributed by atoms with E-state index >= 15 is 0 Å². The maximum absolute atomic E-state index is 11.5. The van der Waals surface area contributed by atoms with Gasteiger partial charge >= 0.3 is 4.87 Å². The molecule has 0 saturated heterocycles. The van der Waals surface area contributed by atoms with Crippen LogP contribution in [0.5, 0.6) is 5.75 Å². The number of ether oxygens (including phenoxy) is 1. The molecule has 7 heteroatoms. The summed E-state index contributed by atoms with van der Waals surface area (Å²) >= 11 is 1.20. The maximum atomic E-state index is 11.5. The first kappa shape index (κ1) is 15.8. The Morgan fingerprint density at radius 2 is 1.90 bits per heavy atom. The number of nitrogens with zero attached hydrogens (tertiary/aromatic N) is 1. The molecule has 2 aromatic rings. The van der Waals surface area contributed by atoms with Crippen LogP contribution < -0.4 is 9.61 Å². The van der Waals surface area contributed by atoms with E-state index in [-0.39, 0.29) is 9.77 Å². The van der Waals surface area contributed by atoms with Gasteiger partial charge in [-0.25, -0.2) is 8.42 Å². The van der Waals surface area contributed by atoms with Gasteiger partial charge < -0.3 is 9.30 Å². The Morgan fingerprint density at radius 1 is 1.24 bits per heavy atom. The third-order valence-electron chi connectivity index (χ3n) is 3.02. The number of hydrogen-bond donors (Lipinski definition) is 0. The number of sulfone groups is 1. The summed E-state index contributed by atoms with van der Waals surface area (Å²) < 4.78 is 29.9. The summed E-state index contributed by atoms with van der Waals surface area (Å²) in [6.45, 7) is 3.00. The third-order valence-corrected chi connectivity index (χ3v) is 5.03. The smallest absolute Gasteiger partial charge is 0.307 e. The zero-order valence-electron chi connectivity index (χ0n) is 11.9. The summed E-state index contributed by atoms with van der Waals surface area (Å²) in [5, 5.41) is 1.84. The molecule has 0 amide bonds. The molecule has 0 fully saturated rings. The molecule has 0 aliphatic carbocycles. The topological polar surface area (TPSA) is 65.4 Å². The molecule has 0 bridgehead atoms. The van der Waals surface area contributed by atoms with E-state index in [2.05, 4.69) is 0 Å². The van der Waals surface area contributed by atoms with Crippen LogP contribution in [0.2, 0.25) is 0 Å². The zero-order valence-corrected chi connectivity index (χ0v) is 13.5. The lowest BCUT2D eigenvalue weighted by molar-refractivity contribution is 0.300. The molecule has 0 radical (unpaired) electrons. The summed E-state index contributed by atoms with van der Waals surface area (Å²) in [5.41, 5.74) is 0.961. The zero-order chi connectivity index (χ0) is 15.5. The minimum Gasteiger partial charge on any atom is -0.494 e. The van der Waals surface area contributed by atoms with Crippen molar-refractivity contribution in [2.45, 2.75) is 24.8 Å². The van der Waals surface area contributed by atoms with Crippen LogP contribution in [0.4, 0.5) is 0 Å². The summed E-state index contributed by atoms with van der Waals surface area (Å²) in [6, 6.07) is 6.33. The van der Waals surface area contributed by atoms with E-state index in [9.17, 15) is 13.2 Å². The molecule has 0 aliphatic heterocycles. The molecule has 0 atom stereocenters. The molecule has 0 aliphatic rings. The largest absolute Gasteiger partial charge is 0.494 e. The first-order chi connectivity index (χ1) is 9.88. The Bertz CT molecular complexity index is 757. The SMILES string of the molecule is Cc1csc(=O)n1CCCOc1ccc(S(C)(=O)=O)cc1. The Morgan fingerprint density at radius 3 is 2.43 bits per heavy atom. The Labute approximate surface area is 127 Å². The second-order valence-corrected chi connectivity index (χ2v) is 7.58. The van der Waals surface area contributed by atoms with E-state index in [1.807, 2.05) is 12.3 Å². The van der Waals surface area contributed by atoms with Gasteiger partial charge in [0.05, 0.1) is 11.5 Å². The summed E-state index contributed by atoms with van der Waals surface area (Å²) in [7, 11) is -3.18. The van der Waals surface area contributed by atoms with E-state index in [0.29, 0.717) is 25.3 Å². The fraction of sp³-hybridized carbons (Fsp3) is 0.357. The van der Waals surface area contributed by atoms with E-state index in [1.54, 1.807) is 16.7 Å². The summed E-state index contributed by atoms with van der Waals surface area (Å²) in [5.74, 6) is 0.622. The van der Waals surface area contributed by atoms with Gasteiger partial charge in [0, 0.05) is 23.9 Å². The molecule has 0 N–H and O–H groups in total. The van der Waals surface area contributed by atoms with Gasteiger partial charge in [-0.2, -0.15) is 0 Å².